The third-order valence-corrected chi connectivity index (χ3v) is 4.09. The van der Waals surface area contributed by atoms with Gasteiger partial charge in [0.05, 0.1) is 6.04 Å². The van der Waals surface area contributed by atoms with E-state index in [0.717, 1.165) is 23.6 Å². The van der Waals surface area contributed by atoms with Crippen molar-refractivity contribution in [2.45, 2.75) is 26.3 Å². The molecule has 4 nitrogen and oxygen atoms in total. The maximum atomic E-state index is 5.39. The zero-order valence-corrected chi connectivity index (χ0v) is 14.1. The molecule has 1 aliphatic rings. The number of hydrogen-bond donors (Lipinski definition) is 2. The fourth-order valence-electron chi connectivity index (χ4n) is 2.46. The van der Waals surface area contributed by atoms with Crippen LogP contribution in [0.5, 0.6) is 11.5 Å². The topological polar surface area (TPSA) is 42.5 Å². The van der Waals surface area contributed by atoms with Crippen molar-refractivity contribution in [1.29, 1.82) is 0 Å². The summed E-state index contributed by atoms with van der Waals surface area (Å²) in [4.78, 5) is 0. The molecular weight excluding hydrogens is 308 g/mol. The Labute approximate surface area is 141 Å². The molecule has 3 rings (SSSR count). The van der Waals surface area contributed by atoms with Crippen LogP contribution in [0.15, 0.2) is 42.5 Å². The number of aryl methyl sites for hydroxylation is 1. The highest BCUT2D eigenvalue weighted by Crippen LogP contribution is 2.34. The number of thiocarbonyl (C=S) groups is 1. The lowest BCUT2D eigenvalue weighted by atomic mass is 10.1. The van der Waals surface area contributed by atoms with Crippen LogP contribution in [-0.2, 0) is 6.42 Å². The summed E-state index contributed by atoms with van der Waals surface area (Å²) < 4.78 is 10.7. The summed E-state index contributed by atoms with van der Waals surface area (Å²) in [5, 5.41) is 7.06. The Morgan fingerprint density at radius 1 is 1.13 bits per heavy atom. The quantitative estimate of drug-likeness (QED) is 0.830. The summed E-state index contributed by atoms with van der Waals surface area (Å²) in [6.07, 6.45) is 1.05. The number of fused-ring (bicyclic) bond motifs is 1. The Hall–Kier alpha value is -2.27. The molecule has 0 aliphatic carbocycles. The van der Waals surface area contributed by atoms with Gasteiger partial charge in [-0.15, -0.1) is 0 Å². The van der Waals surface area contributed by atoms with Crippen molar-refractivity contribution in [2.24, 2.45) is 0 Å². The third-order valence-electron chi connectivity index (χ3n) is 3.87. The van der Waals surface area contributed by atoms with Crippen LogP contribution in [0.4, 0.5) is 5.69 Å². The number of hydrogen-bond acceptors (Lipinski definition) is 3. The van der Waals surface area contributed by atoms with Crippen molar-refractivity contribution in [1.82, 2.24) is 5.32 Å². The molecule has 1 aliphatic heterocycles. The first-order chi connectivity index (χ1) is 11.2. The van der Waals surface area contributed by atoms with E-state index in [1.54, 1.807) is 0 Å². The molecule has 0 spiro atoms. The zero-order valence-electron chi connectivity index (χ0n) is 13.3. The van der Waals surface area contributed by atoms with Crippen LogP contribution in [-0.4, -0.2) is 11.9 Å². The third kappa shape index (κ3) is 3.74. The first-order valence-corrected chi connectivity index (χ1v) is 8.12. The molecule has 0 radical (unpaired) electrons. The molecule has 23 heavy (non-hydrogen) atoms. The fourth-order valence-corrected chi connectivity index (χ4v) is 2.76. The van der Waals surface area contributed by atoms with E-state index >= 15 is 0 Å². The van der Waals surface area contributed by atoms with E-state index in [1.807, 2.05) is 18.2 Å². The molecule has 1 unspecified atom stereocenters. The lowest BCUT2D eigenvalue weighted by Crippen LogP contribution is -2.30. The maximum Gasteiger partial charge on any atom is 0.231 e. The van der Waals surface area contributed by atoms with Crippen LogP contribution in [0.2, 0.25) is 0 Å². The Kier molecular flexibility index (Phi) is 4.67. The van der Waals surface area contributed by atoms with Crippen LogP contribution in [0.3, 0.4) is 0 Å². The molecule has 0 saturated heterocycles. The highest BCUT2D eigenvalue weighted by Gasteiger charge is 2.14. The van der Waals surface area contributed by atoms with Crippen molar-refractivity contribution in [3.63, 3.8) is 0 Å². The minimum Gasteiger partial charge on any atom is -0.454 e. The van der Waals surface area contributed by atoms with Gasteiger partial charge in [-0.1, -0.05) is 31.2 Å². The molecule has 1 heterocycles. The first kappa shape index (κ1) is 15.6. The Morgan fingerprint density at radius 3 is 2.61 bits per heavy atom. The number of benzene rings is 2. The minimum atomic E-state index is 0.134. The summed E-state index contributed by atoms with van der Waals surface area (Å²) in [5.41, 5.74) is 3.42. The predicted octanol–water partition coefficient (Wildman–Crippen LogP) is 4.03. The van der Waals surface area contributed by atoms with Gasteiger partial charge in [0.15, 0.2) is 16.6 Å². The number of anilines is 1. The summed E-state index contributed by atoms with van der Waals surface area (Å²) >= 11 is 5.39. The molecule has 2 N–H and O–H groups in total. The molecule has 5 heteroatoms. The molecule has 0 saturated carbocycles. The zero-order chi connectivity index (χ0) is 16.2. The Bertz CT molecular complexity index is 701. The van der Waals surface area contributed by atoms with Gasteiger partial charge in [-0.2, -0.15) is 0 Å². The number of rotatable bonds is 4. The Morgan fingerprint density at radius 2 is 1.87 bits per heavy atom. The van der Waals surface area contributed by atoms with Crippen LogP contribution < -0.4 is 20.1 Å². The van der Waals surface area contributed by atoms with E-state index in [0.29, 0.717) is 5.11 Å². The predicted molar refractivity (Wildman–Crippen MR) is 96.2 cm³/mol. The van der Waals surface area contributed by atoms with Crippen molar-refractivity contribution < 1.29 is 9.47 Å². The van der Waals surface area contributed by atoms with Gasteiger partial charge in [0.1, 0.15) is 0 Å². The van der Waals surface area contributed by atoms with Crippen LogP contribution in [0, 0.1) is 0 Å². The lowest BCUT2D eigenvalue weighted by Gasteiger charge is -2.18. The van der Waals surface area contributed by atoms with Gasteiger partial charge < -0.3 is 20.1 Å². The van der Waals surface area contributed by atoms with Crippen molar-refractivity contribution in [2.75, 3.05) is 12.1 Å². The average molecular weight is 328 g/mol. The largest absolute Gasteiger partial charge is 0.454 e. The second-order valence-electron chi connectivity index (χ2n) is 5.48. The fraction of sp³-hybridized carbons (Fsp3) is 0.278. The van der Waals surface area contributed by atoms with Crippen molar-refractivity contribution in [3.05, 3.63) is 53.6 Å². The SMILES string of the molecule is CCc1ccc(C(C)NC(=S)Nc2ccc3c(c2)OCO3)cc1. The normalized spacial score (nSPS) is 13.5. The summed E-state index contributed by atoms with van der Waals surface area (Å²) in [6, 6.07) is 14.4. The van der Waals surface area contributed by atoms with Gasteiger partial charge >= 0.3 is 0 Å². The highest BCUT2D eigenvalue weighted by atomic mass is 32.1. The lowest BCUT2D eigenvalue weighted by molar-refractivity contribution is 0.174. The Balaban J connectivity index is 1.60. The van der Waals surface area contributed by atoms with E-state index in [1.165, 1.54) is 11.1 Å². The van der Waals surface area contributed by atoms with E-state index in [4.69, 9.17) is 21.7 Å². The van der Waals surface area contributed by atoms with Gasteiger partial charge in [0.25, 0.3) is 0 Å². The second-order valence-corrected chi connectivity index (χ2v) is 5.89. The van der Waals surface area contributed by atoms with Gasteiger partial charge in [-0.25, -0.2) is 0 Å². The molecule has 120 valence electrons. The average Bonchev–Trinajstić information content (AvgIpc) is 3.02. The summed E-state index contributed by atoms with van der Waals surface area (Å²) in [5.74, 6) is 1.50. The van der Waals surface area contributed by atoms with Crippen molar-refractivity contribution >= 4 is 23.0 Å². The first-order valence-electron chi connectivity index (χ1n) is 7.71. The van der Waals surface area contributed by atoms with Crippen LogP contribution >= 0.6 is 12.2 Å². The smallest absolute Gasteiger partial charge is 0.231 e. The van der Waals surface area contributed by atoms with Crippen molar-refractivity contribution in [3.8, 4) is 11.5 Å². The second kappa shape index (κ2) is 6.87. The number of ether oxygens (including phenoxy) is 2. The van der Waals surface area contributed by atoms with E-state index in [-0.39, 0.29) is 12.8 Å². The summed E-state index contributed by atoms with van der Waals surface area (Å²) in [7, 11) is 0. The maximum absolute atomic E-state index is 5.39. The number of nitrogens with one attached hydrogen (secondary N) is 2. The summed E-state index contributed by atoms with van der Waals surface area (Å²) in [6.45, 7) is 4.52. The minimum absolute atomic E-state index is 0.134. The molecule has 2 aromatic rings. The van der Waals surface area contributed by atoms with Gasteiger partial charge in [0, 0.05) is 11.8 Å². The van der Waals surface area contributed by atoms with Gasteiger partial charge in [0.2, 0.25) is 6.79 Å². The molecule has 0 aromatic heterocycles. The molecule has 0 amide bonds. The monoisotopic (exact) mass is 328 g/mol. The van der Waals surface area contributed by atoms with E-state index < -0.39 is 0 Å². The van der Waals surface area contributed by atoms with Crippen LogP contribution in [0.25, 0.3) is 0 Å². The van der Waals surface area contributed by atoms with E-state index in [2.05, 4.69) is 48.7 Å². The molecule has 0 bridgehead atoms. The highest BCUT2D eigenvalue weighted by molar-refractivity contribution is 7.80. The molecule has 0 fully saturated rings. The molecular formula is C18H20N2O2S. The van der Waals surface area contributed by atoms with E-state index in [9.17, 15) is 0 Å². The molecule has 1 atom stereocenters. The molecule has 2 aromatic carbocycles. The van der Waals surface area contributed by atoms with Crippen LogP contribution in [0.1, 0.15) is 31.0 Å². The van der Waals surface area contributed by atoms with Gasteiger partial charge in [-0.3, -0.25) is 0 Å². The van der Waals surface area contributed by atoms with Gasteiger partial charge in [-0.05, 0) is 48.8 Å². The standard InChI is InChI=1S/C18H20N2O2S/c1-3-13-4-6-14(7-5-13)12(2)19-18(23)20-15-8-9-16-17(10-15)22-11-21-16/h4-10,12H,3,11H2,1-2H3,(H2,19,20,23).